The zero-order valence-electron chi connectivity index (χ0n) is 15.5. The molecule has 0 bridgehead atoms. The number of fused-ring (bicyclic) bond motifs is 1. The van der Waals surface area contributed by atoms with Crippen LogP contribution in [0.2, 0.25) is 0 Å². The number of hydrogen-bond acceptors (Lipinski definition) is 2. The van der Waals surface area contributed by atoms with Gasteiger partial charge in [-0.1, -0.05) is 36.4 Å². The highest BCUT2D eigenvalue weighted by Gasteiger charge is 2.30. The van der Waals surface area contributed by atoms with Gasteiger partial charge in [-0.3, -0.25) is 9.59 Å². The summed E-state index contributed by atoms with van der Waals surface area (Å²) in [6.45, 7) is 1.80. The molecule has 4 nitrogen and oxygen atoms in total. The molecule has 0 spiro atoms. The number of benzene rings is 3. The highest BCUT2D eigenvalue weighted by molar-refractivity contribution is 6.08. The summed E-state index contributed by atoms with van der Waals surface area (Å²) in [5, 5.41) is 7.67. The summed E-state index contributed by atoms with van der Waals surface area (Å²) in [4.78, 5) is 25.3. The molecule has 28 heavy (non-hydrogen) atoms. The Hall–Kier alpha value is -3.21. The maximum atomic E-state index is 13.5. The molecule has 5 heteroatoms. The van der Waals surface area contributed by atoms with Gasteiger partial charge in [0, 0.05) is 5.92 Å². The van der Waals surface area contributed by atoms with Gasteiger partial charge in [-0.2, -0.15) is 0 Å². The molecule has 0 aliphatic heterocycles. The number of halogens is 1. The fourth-order valence-corrected chi connectivity index (χ4v) is 3.25. The third-order valence-electron chi connectivity index (χ3n) is 5.03. The molecule has 0 unspecified atom stereocenters. The third kappa shape index (κ3) is 3.88. The topological polar surface area (TPSA) is 58.2 Å². The van der Waals surface area contributed by atoms with Crippen molar-refractivity contribution in [1.29, 1.82) is 0 Å². The van der Waals surface area contributed by atoms with Crippen molar-refractivity contribution in [3.63, 3.8) is 0 Å². The summed E-state index contributed by atoms with van der Waals surface area (Å²) in [5.41, 5.74) is 1.58. The second-order valence-corrected chi connectivity index (χ2v) is 7.26. The smallest absolute Gasteiger partial charge is 0.253 e. The first-order valence-electron chi connectivity index (χ1n) is 9.41. The highest BCUT2D eigenvalue weighted by atomic mass is 19.1. The monoisotopic (exact) mass is 376 g/mol. The first-order valence-corrected chi connectivity index (χ1v) is 9.41. The van der Waals surface area contributed by atoms with Crippen LogP contribution >= 0.6 is 0 Å². The van der Waals surface area contributed by atoms with E-state index in [-0.39, 0.29) is 29.6 Å². The number of nitrogens with one attached hydrogen (secondary N) is 2. The van der Waals surface area contributed by atoms with E-state index in [0.29, 0.717) is 16.8 Å². The van der Waals surface area contributed by atoms with Gasteiger partial charge in [0.15, 0.2) is 0 Å². The van der Waals surface area contributed by atoms with Gasteiger partial charge in [0.1, 0.15) is 5.82 Å². The van der Waals surface area contributed by atoms with Gasteiger partial charge in [-0.05, 0) is 60.4 Å². The molecule has 3 aromatic carbocycles. The lowest BCUT2D eigenvalue weighted by molar-refractivity contribution is -0.117. The Labute approximate surface area is 162 Å². The van der Waals surface area contributed by atoms with Crippen LogP contribution in [0.15, 0.2) is 60.7 Å². The molecule has 0 saturated heterocycles. The molecule has 1 fully saturated rings. The van der Waals surface area contributed by atoms with Crippen LogP contribution in [0.1, 0.15) is 41.7 Å². The second-order valence-electron chi connectivity index (χ2n) is 7.26. The maximum absolute atomic E-state index is 13.5. The number of amides is 2. The van der Waals surface area contributed by atoms with Crippen molar-refractivity contribution < 1.29 is 14.0 Å². The van der Waals surface area contributed by atoms with Crippen LogP contribution in [-0.4, -0.2) is 11.8 Å². The molecule has 0 radical (unpaired) electrons. The first-order chi connectivity index (χ1) is 13.5. The minimum absolute atomic E-state index is 0.0357. The Balaban J connectivity index is 1.64. The molecule has 142 valence electrons. The largest absolute Gasteiger partial charge is 0.345 e. The van der Waals surface area contributed by atoms with Crippen molar-refractivity contribution in [1.82, 2.24) is 5.32 Å². The van der Waals surface area contributed by atoms with E-state index in [0.717, 1.165) is 23.6 Å². The summed E-state index contributed by atoms with van der Waals surface area (Å²) in [5.74, 6) is -0.675. The Kier molecular flexibility index (Phi) is 4.82. The van der Waals surface area contributed by atoms with Crippen LogP contribution in [0.25, 0.3) is 10.8 Å². The van der Waals surface area contributed by atoms with Crippen molar-refractivity contribution in [3.05, 3.63) is 77.6 Å². The molecule has 1 aliphatic rings. The van der Waals surface area contributed by atoms with Crippen molar-refractivity contribution in [2.45, 2.75) is 25.8 Å². The Morgan fingerprint density at radius 3 is 2.39 bits per heavy atom. The van der Waals surface area contributed by atoms with E-state index in [1.54, 1.807) is 25.1 Å². The van der Waals surface area contributed by atoms with E-state index in [4.69, 9.17) is 0 Å². The average molecular weight is 376 g/mol. The number of carbonyl (C=O) groups is 2. The predicted molar refractivity (Wildman–Crippen MR) is 108 cm³/mol. The minimum Gasteiger partial charge on any atom is -0.345 e. The van der Waals surface area contributed by atoms with E-state index in [1.807, 2.05) is 30.3 Å². The molecule has 2 N–H and O–H groups in total. The molecular formula is C23H21FN2O2. The lowest BCUT2D eigenvalue weighted by atomic mass is 10.0. The lowest BCUT2D eigenvalue weighted by Gasteiger charge is -2.17. The standard InChI is InChI=1S/C23H21FN2O2/c1-14(16-7-4-8-19(24)11-16)25-23(28)20-12-17-5-2-3-6-18(17)13-21(20)26-22(27)15-9-10-15/h2-8,11-15H,9-10H2,1H3,(H,25,28)(H,26,27)/t14-/m0/s1. The van der Waals surface area contributed by atoms with Crippen molar-refractivity contribution in [3.8, 4) is 0 Å². The molecule has 1 atom stereocenters. The number of hydrogen-bond donors (Lipinski definition) is 2. The quantitative estimate of drug-likeness (QED) is 0.671. The summed E-state index contributed by atoms with van der Waals surface area (Å²) < 4.78 is 13.5. The van der Waals surface area contributed by atoms with Crippen LogP contribution < -0.4 is 10.6 Å². The minimum atomic E-state index is -0.373. The summed E-state index contributed by atoms with van der Waals surface area (Å²) in [6, 6.07) is 17.1. The third-order valence-corrected chi connectivity index (χ3v) is 5.03. The molecule has 3 aromatic rings. The van der Waals surface area contributed by atoms with Gasteiger partial charge >= 0.3 is 0 Å². The van der Waals surface area contributed by atoms with E-state index in [2.05, 4.69) is 10.6 Å². The van der Waals surface area contributed by atoms with Crippen LogP contribution in [0.4, 0.5) is 10.1 Å². The SMILES string of the molecule is C[C@H](NC(=O)c1cc2ccccc2cc1NC(=O)C1CC1)c1cccc(F)c1. The van der Waals surface area contributed by atoms with Crippen LogP contribution in [0.3, 0.4) is 0 Å². The first kappa shape index (κ1) is 18.2. The molecule has 4 rings (SSSR count). The molecule has 1 aliphatic carbocycles. The molecule has 0 aromatic heterocycles. The predicted octanol–water partition coefficient (Wildman–Crippen LogP) is 4.82. The molecular weight excluding hydrogens is 355 g/mol. The average Bonchev–Trinajstić information content (AvgIpc) is 3.52. The van der Waals surface area contributed by atoms with E-state index >= 15 is 0 Å². The second kappa shape index (κ2) is 7.43. The van der Waals surface area contributed by atoms with Crippen molar-refractivity contribution >= 4 is 28.3 Å². The highest BCUT2D eigenvalue weighted by Crippen LogP contribution is 2.32. The number of rotatable bonds is 5. The Morgan fingerprint density at radius 2 is 1.71 bits per heavy atom. The van der Waals surface area contributed by atoms with Gasteiger partial charge in [0.25, 0.3) is 5.91 Å². The van der Waals surface area contributed by atoms with Gasteiger partial charge in [0.2, 0.25) is 5.91 Å². The fraction of sp³-hybridized carbons (Fsp3) is 0.217. The van der Waals surface area contributed by atoms with Gasteiger partial charge in [-0.25, -0.2) is 4.39 Å². The number of anilines is 1. The van der Waals surface area contributed by atoms with E-state index < -0.39 is 0 Å². The maximum Gasteiger partial charge on any atom is 0.253 e. The normalized spacial score (nSPS) is 14.5. The van der Waals surface area contributed by atoms with Crippen molar-refractivity contribution in [2.75, 3.05) is 5.32 Å². The molecule has 1 saturated carbocycles. The molecule has 0 heterocycles. The van der Waals surface area contributed by atoms with Gasteiger partial charge < -0.3 is 10.6 Å². The summed E-state index contributed by atoms with van der Waals surface area (Å²) >= 11 is 0. The Morgan fingerprint density at radius 1 is 1.00 bits per heavy atom. The number of carbonyl (C=O) groups excluding carboxylic acids is 2. The van der Waals surface area contributed by atoms with Crippen LogP contribution in [0.5, 0.6) is 0 Å². The van der Waals surface area contributed by atoms with Gasteiger partial charge in [-0.15, -0.1) is 0 Å². The van der Waals surface area contributed by atoms with Crippen LogP contribution in [0, 0.1) is 11.7 Å². The lowest BCUT2D eigenvalue weighted by Crippen LogP contribution is -2.28. The van der Waals surface area contributed by atoms with Crippen LogP contribution in [-0.2, 0) is 4.79 Å². The zero-order valence-corrected chi connectivity index (χ0v) is 15.5. The summed E-state index contributed by atoms with van der Waals surface area (Å²) in [6.07, 6.45) is 1.77. The summed E-state index contributed by atoms with van der Waals surface area (Å²) in [7, 11) is 0. The zero-order chi connectivity index (χ0) is 19.7. The van der Waals surface area contributed by atoms with Gasteiger partial charge in [0.05, 0.1) is 17.3 Å². The fourth-order valence-electron chi connectivity index (χ4n) is 3.25. The van der Waals surface area contributed by atoms with E-state index in [9.17, 15) is 14.0 Å². The van der Waals surface area contributed by atoms with Crippen molar-refractivity contribution in [2.24, 2.45) is 5.92 Å². The molecule has 2 amide bonds. The van der Waals surface area contributed by atoms with E-state index in [1.165, 1.54) is 12.1 Å². The Bertz CT molecular complexity index is 1060.